The summed E-state index contributed by atoms with van der Waals surface area (Å²) in [4.78, 5) is 19.6. The van der Waals surface area contributed by atoms with Crippen LogP contribution in [0.1, 0.15) is 49.8 Å². The summed E-state index contributed by atoms with van der Waals surface area (Å²) in [6, 6.07) is 0. The highest BCUT2D eigenvalue weighted by molar-refractivity contribution is 5.86. The van der Waals surface area contributed by atoms with Crippen molar-refractivity contribution in [2.75, 3.05) is 0 Å². The summed E-state index contributed by atoms with van der Waals surface area (Å²) in [5, 5.41) is 9.73. The lowest BCUT2D eigenvalue weighted by atomic mass is 10.1. The van der Waals surface area contributed by atoms with Gasteiger partial charge < -0.3 is 9.84 Å². The minimum Gasteiger partial charge on any atom is -0.427 e. The molecule has 1 aromatic heterocycles. The fourth-order valence-corrected chi connectivity index (χ4v) is 1.62. The molecule has 0 aliphatic heterocycles. The third-order valence-corrected chi connectivity index (χ3v) is 2.74. The molecular weight excluding hydrogens is 268 g/mol. The van der Waals surface area contributed by atoms with E-state index in [2.05, 4.69) is 16.0 Å². The van der Waals surface area contributed by atoms with Crippen LogP contribution >= 0.6 is 0 Å². The van der Waals surface area contributed by atoms with Crippen molar-refractivity contribution in [2.45, 2.75) is 46.8 Å². The molecule has 114 valence electrons. The third kappa shape index (κ3) is 6.81. The van der Waals surface area contributed by atoms with Gasteiger partial charge in [0.2, 0.25) is 6.29 Å². The minimum absolute atomic E-state index is 0.0789. The van der Waals surface area contributed by atoms with E-state index in [4.69, 9.17) is 4.74 Å². The average Bonchev–Trinajstić information content (AvgIpc) is 2.38. The number of aromatic nitrogens is 2. The maximum absolute atomic E-state index is 11.7. The fraction of sp³-hybridized carbons (Fsp3) is 0.438. The number of aryl methyl sites for hydroxylation is 1. The first-order valence-electron chi connectivity index (χ1n) is 6.87. The van der Waals surface area contributed by atoms with Gasteiger partial charge in [-0.25, -0.2) is 9.78 Å². The maximum atomic E-state index is 11.7. The lowest BCUT2D eigenvalue weighted by Gasteiger charge is -2.09. The maximum Gasteiger partial charge on any atom is 0.361 e. The van der Waals surface area contributed by atoms with Crippen molar-refractivity contribution in [1.82, 2.24) is 9.97 Å². The van der Waals surface area contributed by atoms with Gasteiger partial charge in [0.1, 0.15) is 0 Å². The molecule has 5 heteroatoms. The van der Waals surface area contributed by atoms with Gasteiger partial charge >= 0.3 is 5.97 Å². The summed E-state index contributed by atoms with van der Waals surface area (Å²) < 4.78 is 4.90. The summed E-state index contributed by atoms with van der Waals surface area (Å²) in [5.74, 6) is -0.691. The Kier molecular flexibility index (Phi) is 6.75. The van der Waals surface area contributed by atoms with Gasteiger partial charge in [-0.15, -0.1) is 0 Å². The highest BCUT2D eigenvalue weighted by atomic mass is 16.6. The molecule has 0 fully saturated rings. The lowest BCUT2D eigenvalue weighted by molar-refractivity contribution is -0.0361. The normalized spacial score (nSPS) is 12.7. The molecule has 0 aliphatic carbocycles. The highest BCUT2D eigenvalue weighted by Gasteiger charge is 2.13. The summed E-state index contributed by atoms with van der Waals surface area (Å²) in [6.45, 7) is 7.74. The van der Waals surface area contributed by atoms with E-state index in [9.17, 15) is 9.90 Å². The van der Waals surface area contributed by atoms with Gasteiger partial charge in [0.05, 0.1) is 11.9 Å². The third-order valence-electron chi connectivity index (χ3n) is 2.74. The van der Waals surface area contributed by atoms with Crippen LogP contribution in [-0.4, -0.2) is 27.3 Å². The van der Waals surface area contributed by atoms with Crippen molar-refractivity contribution in [3.63, 3.8) is 0 Å². The predicted molar refractivity (Wildman–Crippen MR) is 80.6 cm³/mol. The van der Waals surface area contributed by atoms with E-state index in [0.717, 1.165) is 18.4 Å². The van der Waals surface area contributed by atoms with E-state index >= 15 is 0 Å². The van der Waals surface area contributed by atoms with E-state index < -0.39 is 12.3 Å². The molecule has 1 aromatic rings. The van der Waals surface area contributed by atoms with Crippen LogP contribution in [0.5, 0.6) is 0 Å². The molecule has 1 unspecified atom stereocenters. The Hall–Kier alpha value is -2.01. The SMILES string of the molecule is CC(C)=CCC/C(C)=C/C(O)OC(=O)c1cnc(C)cn1. The molecule has 21 heavy (non-hydrogen) atoms. The summed E-state index contributed by atoms with van der Waals surface area (Å²) in [5.41, 5.74) is 3.01. The second kappa shape index (κ2) is 8.32. The molecule has 0 bridgehead atoms. The second-order valence-electron chi connectivity index (χ2n) is 5.17. The van der Waals surface area contributed by atoms with Gasteiger partial charge in [-0.2, -0.15) is 0 Å². The Bertz CT molecular complexity index is 529. The smallest absolute Gasteiger partial charge is 0.361 e. The zero-order valence-corrected chi connectivity index (χ0v) is 13.0. The van der Waals surface area contributed by atoms with E-state index in [-0.39, 0.29) is 5.69 Å². The van der Waals surface area contributed by atoms with Gasteiger partial charge in [0, 0.05) is 6.20 Å². The lowest BCUT2D eigenvalue weighted by Crippen LogP contribution is -2.17. The Morgan fingerprint density at radius 3 is 2.62 bits per heavy atom. The molecule has 0 radical (unpaired) electrons. The summed E-state index contributed by atoms with van der Waals surface area (Å²) in [6.07, 6.45) is 6.89. The van der Waals surface area contributed by atoms with Crippen molar-refractivity contribution in [2.24, 2.45) is 0 Å². The molecule has 1 rings (SSSR count). The van der Waals surface area contributed by atoms with Gasteiger partial charge in [0.15, 0.2) is 5.69 Å². The van der Waals surface area contributed by atoms with Crippen molar-refractivity contribution in [3.05, 3.63) is 47.1 Å². The highest BCUT2D eigenvalue weighted by Crippen LogP contribution is 2.09. The standard InChI is InChI=1S/C16H22N2O3/c1-11(2)6-5-7-12(3)8-15(19)21-16(20)14-10-17-13(4)9-18-14/h6,8-10,15,19H,5,7H2,1-4H3/b12-8+. The predicted octanol–water partition coefficient (Wildman–Crippen LogP) is 2.95. The number of hydrogen-bond donors (Lipinski definition) is 1. The number of aliphatic hydroxyl groups is 1. The zero-order chi connectivity index (χ0) is 15.8. The molecule has 0 saturated heterocycles. The molecule has 0 saturated carbocycles. The Morgan fingerprint density at radius 1 is 1.33 bits per heavy atom. The monoisotopic (exact) mass is 290 g/mol. The Balaban J connectivity index is 2.52. The van der Waals surface area contributed by atoms with Crippen molar-refractivity contribution >= 4 is 5.97 Å². The number of rotatable bonds is 6. The van der Waals surface area contributed by atoms with Gasteiger partial charge in [-0.3, -0.25) is 4.98 Å². The first kappa shape index (κ1) is 17.0. The number of carbonyl (C=O) groups excluding carboxylic acids is 1. The summed E-state index contributed by atoms with van der Waals surface area (Å²) >= 11 is 0. The van der Waals surface area contributed by atoms with E-state index in [1.54, 1.807) is 6.92 Å². The summed E-state index contributed by atoms with van der Waals surface area (Å²) in [7, 11) is 0. The van der Waals surface area contributed by atoms with E-state index in [0.29, 0.717) is 5.69 Å². The first-order chi connectivity index (χ1) is 9.88. The number of esters is 1. The molecule has 0 aliphatic rings. The number of aliphatic hydroxyl groups excluding tert-OH is 1. The topological polar surface area (TPSA) is 72.3 Å². The number of allylic oxidation sites excluding steroid dienone is 3. The van der Waals surface area contributed by atoms with Gasteiger partial charge in [0.25, 0.3) is 0 Å². The van der Waals surface area contributed by atoms with E-state index in [1.165, 1.54) is 24.0 Å². The average molecular weight is 290 g/mol. The van der Waals surface area contributed by atoms with Crippen LogP contribution in [0.15, 0.2) is 35.7 Å². The zero-order valence-electron chi connectivity index (χ0n) is 13.0. The first-order valence-corrected chi connectivity index (χ1v) is 6.87. The molecular formula is C16H22N2O3. The largest absolute Gasteiger partial charge is 0.427 e. The number of hydrogen-bond acceptors (Lipinski definition) is 5. The molecule has 1 heterocycles. The van der Waals surface area contributed by atoms with Crippen molar-refractivity contribution < 1.29 is 14.6 Å². The minimum atomic E-state index is -1.27. The van der Waals surface area contributed by atoms with Crippen molar-refractivity contribution in [1.29, 1.82) is 0 Å². The molecule has 1 N–H and O–H groups in total. The van der Waals surface area contributed by atoms with Crippen LogP contribution in [0, 0.1) is 6.92 Å². The Morgan fingerprint density at radius 2 is 2.05 bits per heavy atom. The molecule has 0 spiro atoms. The van der Waals surface area contributed by atoms with Crippen LogP contribution in [0.25, 0.3) is 0 Å². The second-order valence-corrected chi connectivity index (χ2v) is 5.17. The Labute approximate surface area is 125 Å². The fourth-order valence-electron chi connectivity index (χ4n) is 1.62. The van der Waals surface area contributed by atoms with Crippen LogP contribution in [0.3, 0.4) is 0 Å². The van der Waals surface area contributed by atoms with Crippen molar-refractivity contribution in [3.8, 4) is 0 Å². The van der Waals surface area contributed by atoms with Gasteiger partial charge in [-0.05, 0) is 46.6 Å². The number of ether oxygens (including phenoxy) is 1. The molecule has 5 nitrogen and oxygen atoms in total. The number of nitrogens with zero attached hydrogens (tertiary/aromatic N) is 2. The van der Waals surface area contributed by atoms with Crippen LogP contribution in [0.2, 0.25) is 0 Å². The van der Waals surface area contributed by atoms with Gasteiger partial charge in [-0.1, -0.05) is 17.2 Å². The van der Waals surface area contributed by atoms with Crippen LogP contribution in [-0.2, 0) is 4.74 Å². The molecule has 0 aromatic carbocycles. The number of carbonyl (C=O) groups is 1. The van der Waals surface area contributed by atoms with E-state index in [1.807, 2.05) is 20.8 Å². The van der Waals surface area contributed by atoms with Crippen LogP contribution in [0.4, 0.5) is 0 Å². The molecule has 0 amide bonds. The molecule has 1 atom stereocenters. The quantitative estimate of drug-likeness (QED) is 0.495. The van der Waals surface area contributed by atoms with Crippen LogP contribution < -0.4 is 0 Å².